The van der Waals surface area contributed by atoms with E-state index in [0.717, 1.165) is 39.1 Å². The lowest BCUT2D eigenvalue weighted by Crippen LogP contribution is -2.03. The van der Waals surface area contributed by atoms with Gasteiger partial charge >= 0.3 is 0 Å². The monoisotopic (exact) mass is 541 g/mol. The first-order valence-electron chi connectivity index (χ1n) is 13.0. The van der Waals surface area contributed by atoms with Gasteiger partial charge in [-0.05, 0) is 41.0 Å². The van der Waals surface area contributed by atoms with Gasteiger partial charge in [-0.3, -0.25) is 0 Å². The van der Waals surface area contributed by atoms with Crippen LogP contribution in [0.1, 0.15) is 11.4 Å². The summed E-state index contributed by atoms with van der Waals surface area (Å²) < 4.78 is 10.00. The zero-order chi connectivity index (χ0) is 26.9. The van der Waals surface area contributed by atoms with Gasteiger partial charge in [0.25, 0.3) is 0 Å². The molecule has 6 nitrogen and oxygen atoms in total. The fraction of sp³-hybridized carbons (Fsp3) is 0.0606. The highest BCUT2D eigenvalue weighted by atomic mass is 35.5. The Morgan fingerprint density at radius 1 is 0.700 bits per heavy atom. The quantitative estimate of drug-likeness (QED) is 0.207. The minimum atomic E-state index is 0.224. The van der Waals surface area contributed by atoms with Crippen LogP contribution in [0.2, 0.25) is 5.02 Å². The Hall–Kier alpha value is -4.94. The number of nitrogens with zero attached hydrogens (tertiary/aromatic N) is 5. The van der Waals surface area contributed by atoms with Gasteiger partial charge in [0.2, 0.25) is 0 Å². The van der Waals surface area contributed by atoms with Crippen LogP contribution in [0.3, 0.4) is 0 Å². The molecule has 0 atom stereocenters. The van der Waals surface area contributed by atoms with Crippen LogP contribution in [-0.2, 0) is 13.2 Å². The number of ether oxygens (including phenoxy) is 1. The average molecular weight is 542 g/mol. The van der Waals surface area contributed by atoms with Gasteiger partial charge in [0.05, 0.1) is 11.1 Å². The van der Waals surface area contributed by atoms with E-state index in [1.165, 1.54) is 5.56 Å². The number of hydrogen-bond donors (Lipinski definition) is 0. The van der Waals surface area contributed by atoms with Crippen LogP contribution >= 0.6 is 11.6 Å². The highest BCUT2D eigenvalue weighted by Gasteiger charge is 2.25. The van der Waals surface area contributed by atoms with Crippen LogP contribution in [0, 0.1) is 0 Å². The fourth-order valence-electron chi connectivity index (χ4n) is 5.12. The molecule has 0 aliphatic carbocycles. The summed E-state index contributed by atoms with van der Waals surface area (Å²) in [5.41, 5.74) is 7.15. The van der Waals surface area contributed by atoms with Crippen molar-refractivity contribution in [1.82, 2.24) is 24.1 Å². The minimum Gasteiger partial charge on any atom is -0.486 e. The molecule has 0 bridgehead atoms. The predicted octanol–water partition coefficient (Wildman–Crippen LogP) is 7.69. The van der Waals surface area contributed by atoms with Crippen molar-refractivity contribution in [2.45, 2.75) is 13.2 Å². The second-order valence-electron chi connectivity index (χ2n) is 9.51. The maximum absolute atomic E-state index is 6.02. The second kappa shape index (κ2) is 10.3. The summed E-state index contributed by atoms with van der Waals surface area (Å²) in [6, 6.07) is 38.6. The Morgan fingerprint density at radius 2 is 1.35 bits per heavy atom. The van der Waals surface area contributed by atoms with E-state index in [-0.39, 0.29) is 6.61 Å². The topological polar surface area (TPSA) is 57.2 Å². The van der Waals surface area contributed by atoms with Gasteiger partial charge in [0.1, 0.15) is 24.3 Å². The van der Waals surface area contributed by atoms with Gasteiger partial charge in [-0.25, -0.2) is 14.5 Å². The van der Waals surface area contributed by atoms with Gasteiger partial charge in [0, 0.05) is 17.1 Å². The van der Waals surface area contributed by atoms with E-state index < -0.39 is 0 Å². The molecule has 0 aliphatic heterocycles. The van der Waals surface area contributed by atoms with Crippen molar-refractivity contribution in [3.8, 4) is 28.1 Å². The summed E-state index contributed by atoms with van der Waals surface area (Å²) in [4.78, 5) is 9.91. The SMILES string of the molecule is Clc1ccc(OCc2nc3c4c(-c5ccccc5)c(-c5ccccc5)n(Cc5ccccc5)c4ncn3n2)cc1. The van der Waals surface area contributed by atoms with Gasteiger partial charge < -0.3 is 9.30 Å². The molecule has 0 radical (unpaired) electrons. The van der Waals surface area contributed by atoms with Gasteiger partial charge in [0.15, 0.2) is 11.5 Å². The molecule has 3 aromatic heterocycles. The number of aromatic nitrogens is 5. The maximum atomic E-state index is 6.02. The first-order valence-corrected chi connectivity index (χ1v) is 13.4. The van der Waals surface area contributed by atoms with E-state index in [4.69, 9.17) is 31.4 Å². The molecule has 0 unspecified atom stereocenters. The normalized spacial score (nSPS) is 11.3. The van der Waals surface area contributed by atoms with Crippen LogP contribution in [0.4, 0.5) is 0 Å². The molecule has 0 aliphatic rings. The molecule has 7 heteroatoms. The number of rotatable bonds is 7. The lowest BCUT2D eigenvalue weighted by molar-refractivity contribution is 0.296. The van der Waals surface area contributed by atoms with E-state index >= 15 is 0 Å². The largest absolute Gasteiger partial charge is 0.486 e. The number of halogens is 1. The molecular weight excluding hydrogens is 518 g/mol. The lowest BCUT2D eigenvalue weighted by atomic mass is 9.99. The predicted molar refractivity (Wildman–Crippen MR) is 158 cm³/mol. The smallest absolute Gasteiger partial charge is 0.189 e. The molecule has 0 fully saturated rings. The van der Waals surface area contributed by atoms with Crippen molar-refractivity contribution in [2.24, 2.45) is 0 Å². The Bertz CT molecular complexity index is 1920. The molecule has 7 rings (SSSR count). The molecule has 0 saturated heterocycles. The molecule has 3 heterocycles. The van der Waals surface area contributed by atoms with Crippen LogP contribution in [0.15, 0.2) is 122 Å². The Kier molecular flexibility index (Phi) is 6.22. The van der Waals surface area contributed by atoms with Crippen molar-refractivity contribution in [3.63, 3.8) is 0 Å². The molecule has 0 amide bonds. The summed E-state index contributed by atoms with van der Waals surface area (Å²) in [6.07, 6.45) is 1.74. The van der Waals surface area contributed by atoms with Crippen molar-refractivity contribution in [3.05, 3.63) is 138 Å². The van der Waals surface area contributed by atoms with Gasteiger partial charge in [-0.1, -0.05) is 103 Å². The fourth-order valence-corrected chi connectivity index (χ4v) is 5.25. The summed E-state index contributed by atoms with van der Waals surface area (Å²) in [7, 11) is 0. The van der Waals surface area contributed by atoms with Crippen LogP contribution < -0.4 is 4.74 Å². The molecule has 4 aromatic carbocycles. The number of hydrogen-bond acceptors (Lipinski definition) is 4. The molecule has 0 spiro atoms. The summed E-state index contributed by atoms with van der Waals surface area (Å²) >= 11 is 6.02. The molecule has 0 saturated carbocycles. The highest BCUT2D eigenvalue weighted by molar-refractivity contribution is 6.30. The van der Waals surface area contributed by atoms with E-state index in [0.29, 0.717) is 23.1 Å². The molecule has 40 heavy (non-hydrogen) atoms. The van der Waals surface area contributed by atoms with Crippen LogP contribution in [0.5, 0.6) is 5.75 Å². The summed E-state index contributed by atoms with van der Waals surface area (Å²) in [6.45, 7) is 0.889. The third kappa shape index (κ3) is 4.48. The van der Waals surface area contributed by atoms with E-state index in [2.05, 4.69) is 77.4 Å². The molecular formula is C33H24ClN5O. The van der Waals surface area contributed by atoms with E-state index in [1.54, 1.807) is 23.0 Å². The van der Waals surface area contributed by atoms with Crippen LogP contribution in [0.25, 0.3) is 39.1 Å². The first-order chi connectivity index (χ1) is 19.7. The highest BCUT2D eigenvalue weighted by Crippen LogP contribution is 2.42. The molecule has 7 aromatic rings. The van der Waals surface area contributed by atoms with Crippen molar-refractivity contribution in [1.29, 1.82) is 0 Å². The summed E-state index contributed by atoms with van der Waals surface area (Å²) in [5, 5.41) is 6.32. The standard InChI is InChI=1S/C33H24ClN5O/c34-26-16-18-27(19-17-26)40-21-28-36-33-30-29(24-12-6-2-7-13-24)31(25-14-8-3-9-15-25)38(20-23-10-4-1-5-11-23)32(30)35-22-39(33)37-28/h1-19,22H,20-21H2. The van der Waals surface area contributed by atoms with E-state index in [9.17, 15) is 0 Å². The third-order valence-electron chi connectivity index (χ3n) is 6.90. The van der Waals surface area contributed by atoms with Crippen molar-refractivity contribution in [2.75, 3.05) is 0 Å². The number of benzene rings is 4. The summed E-state index contributed by atoms with van der Waals surface area (Å²) in [5.74, 6) is 1.28. The van der Waals surface area contributed by atoms with Gasteiger partial charge in [-0.2, -0.15) is 0 Å². The molecule has 0 N–H and O–H groups in total. The Balaban J connectivity index is 1.46. The Morgan fingerprint density at radius 3 is 2.05 bits per heavy atom. The zero-order valence-electron chi connectivity index (χ0n) is 21.5. The van der Waals surface area contributed by atoms with Crippen molar-refractivity contribution >= 4 is 28.3 Å². The zero-order valence-corrected chi connectivity index (χ0v) is 22.2. The van der Waals surface area contributed by atoms with Crippen LogP contribution in [-0.4, -0.2) is 24.1 Å². The lowest BCUT2D eigenvalue weighted by Gasteiger charge is -2.13. The third-order valence-corrected chi connectivity index (χ3v) is 7.15. The Labute approximate surface area is 236 Å². The van der Waals surface area contributed by atoms with E-state index in [1.807, 2.05) is 30.3 Å². The second-order valence-corrected chi connectivity index (χ2v) is 9.95. The molecule has 194 valence electrons. The van der Waals surface area contributed by atoms with Crippen molar-refractivity contribution < 1.29 is 4.74 Å². The number of fused-ring (bicyclic) bond motifs is 3. The maximum Gasteiger partial charge on any atom is 0.189 e. The van der Waals surface area contributed by atoms with Gasteiger partial charge in [-0.15, -0.1) is 5.10 Å². The minimum absolute atomic E-state index is 0.224. The average Bonchev–Trinajstić information content (AvgIpc) is 3.57. The first kappa shape index (κ1) is 24.1.